The maximum Gasteiger partial charge on any atom is 0.271 e. The van der Waals surface area contributed by atoms with Crippen molar-refractivity contribution in [2.75, 3.05) is 5.32 Å². The summed E-state index contributed by atoms with van der Waals surface area (Å²) in [4.78, 5) is 10.1. The van der Waals surface area contributed by atoms with Gasteiger partial charge in [-0.2, -0.15) is 0 Å². The summed E-state index contributed by atoms with van der Waals surface area (Å²) in [5, 5.41) is 42.5. The minimum absolute atomic E-state index is 0.103. The molecular weight excluding hydrogens is 268 g/mol. The van der Waals surface area contributed by atoms with Gasteiger partial charge in [-0.25, -0.2) is 0 Å². The molecule has 0 aliphatic carbocycles. The van der Waals surface area contributed by atoms with Crippen LogP contribution in [-0.2, 0) is 4.74 Å². The van der Waals surface area contributed by atoms with Gasteiger partial charge < -0.3 is 25.4 Å². The highest BCUT2D eigenvalue weighted by molar-refractivity contribution is 5.51. The summed E-state index contributed by atoms with van der Waals surface area (Å²) in [6.45, 7) is 1.56. The monoisotopic (exact) mass is 284 g/mol. The number of benzene rings is 1. The van der Waals surface area contributed by atoms with Crippen molar-refractivity contribution in [3.05, 3.63) is 34.4 Å². The lowest BCUT2D eigenvalue weighted by Crippen LogP contribution is -2.58. The SMILES string of the molecule is C[C@@H]1O[C@H](Nc2cccc([N+](=O)[O-])c2)[C@H](O)[C@@H](O)[C@@H]1O. The van der Waals surface area contributed by atoms with E-state index in [4.69, 9.17) is 4.74 Å². The van der Waals surface area contributed by atoms with E-state index in [0.717, 1.165) is 0 Å². The Balaban J connectivity index is 2.13. The maximum absolute atomic E-state index is 10.7. The average Bonchev–Trinajstić information content (AvgIpc) is 2.42. The number of nitrogens with one attached hydrogen (secondary N) is 1. The second-order valence-corrected chi connectivity index (χ2v) is 4.69. The normalized spacial score (nSPS) is 33.7. The van der Waals surface area contributed by atoms with E-state index in [1.165, 1.54) is 18.2 Å². The van der Waals surface area contributed by atoms with E-state index in [1.807, 2.05) is 0 Å². The van der Waals surface area contributed by atoms with Gasteiger partial charge in [-0.3, -0.25) is 10.1 Å². The molecule has 1 aliphatic heterocycles. The molecule has 1 fully saturated rings. The molecule has 1 heterocycles. The molecule has 0 unspecified atom stereocenters. The third-order valence-corrected chi connectivity index (χ3v) is 3.22. The van der Waals surface area contributed by atoms with Crippen molar-refractivity contribution in [1.82, 2.24) is 0 Å². The predicted octanol–water partition coefficient (Wildman–Crippen LogP) is -0.166. The number of nitro benzene ring substituents is 1. The fraction of sp³-hybridized carbons (Fsp3) is 0.500. The first kappa shape index (κ1) is 14.7. The van der Waals surface area contributed by atoms with E-state index in [2.05, 4.69) is 5.32 Å². The number of aliphatic hydroxyl groups excluding tert-OH is 3. The Morgan fingerprint density at radius 2 is 1.95 bits per heavy atom. The van der Waals surface area contributed by atoms with Crippen LogP contribution in [0.1, 0.15) is 6.92 Å². The molecule has 0 saturated carbocycles. The van der Waals surface area contributed by atoms with Gasteiger partial charge >= 0.3 is 0 Å². The van der Waals surface area contributed by atoms with Crippen LogP contribution in [0.2, 0.25) is 0 Å². The molecule has 4 N–H and O–H groups in total. The van der Waals surface area contributed by atoms with Gasteiger partial charge in [0.2, 0.25) is 0 Å². The standard InChI is InChI=1S/C12H16N2O6/c1-6-9(15)10(16)11(17)12(20-6)13-7-3-2-4-8(5-7)14(18)19/h2-6,9-13,15-17H,1H3/t6-,9+,10-,11+,12-/m0/s1. The number of hydrogen-bond donors (Lipinski definition) is 4. The fourth-order valence-corrected chi connectivity index (χ4v) is 2.04. The van der Waals surface area contributed by atoms with E-state index < -0.39 is 35.6 Å². The van der Waals surface area contributed by atoms with Gasteiger partial charge in [-0.15, -0.1) is 0 Å². The van der Waals surface area contributed by atoms with Crippen molar-refractivity contribution in [3.63, 3.8) is 0 Å². The van der Waals surface area contributed by atoms with Crippen molar-refractivity contribution in [2.45, 2.75) is 37.6 Å². The van der Waals surface area contributed by atoms with Crippen LogP contribution >= 0.6 is 0 Å². The van der Waals surface area contributed by atoms with E-state index in [1.54, 1.807) is 13.0 Å². The zero-order valence-corrected chi connectivity index (χ0v) is 10.7. The summed E-state index contributed by atoms with van der Waals surface area (Å²) in [5.41, 5.74) is 0.271. The van der Waals surface area contributed by atoms with Crippen molar-refractivity contribution >= 4 is 11.4 Å². The summed E-state index contributed by atoms with van der Waals surface area (Å²) >= 11 is 0. The van der Waals surface area contributed by atoms with Gasteiger partial charge in [0, 0.05) is 17.8 Å². The molecular formula is C12H16N2O6. The molecule has 8 heteroatoms. The Morgan fingerprint density at radius 1 is 1.25 bits per heavy atom. The van der Waals surface area contributed by atoms with E-state index in [9.17, 15) is 25.4 Å². The first-order valence-corrected chi connectivity index (χ1v) is 6.11. The third kappa shape index (κ3) is 2.88. The highest BCUT2D eigenvalue weighted by atomic mass is 16.6. The molecule has 20 heavy (non-hydrogen) atoms. The van der Waals surface area contributed by atoms with E-state index in [-0.39, 0.29) is 5.69 Å². The summed E-state index contributed by atoms with van der Waals surface area (Å²) in [6, 6.07) is 5.69. The smallest absolute Gasteiger partial charge is 0.271 e. The predicted molar refractivity (Wildman–Crippen MR) is 69.1 cm³/mol. The van der Waals surface area contributed by atoms with Crippen LogP contribution in [0.15, 0.2) is 24.3 Å². The van der Waals surface area contributed by atoms with Gasteiger partial charge in [-0.1, -0.05) is 6.07 Å². The van der Waals surface area contributed by atoms with Crippen molar-refractivity contribution in [1.29, 1.82) is 0 Å². The van der Waals surface area contributed by atoms with Crippen LogP contribution in [0.4, 0.5) is 11.4 Å². The average molecular weight is 284 g/mol. The largest absolute Gasteiger partial charge is 0.388 e. The molecule has 0 amide bonds. The second-order valence-electron chi connectivity index (χ2n) is 4.69. The number of non-ortho nitro benzene ring substituents is 1. The Labute approximate surface area is 114 Å². The molecule has 0 bridgehead atoms. The van der Waals surface area contributed by atoms with Gasteiger partial charge in [0.05, 0.1) is 11.0 Å². The molecule has 0 spiro atoms. The number of nitro groups is 1. The van der Waals surface area contributed by atoms with Gasteiger partial charge in [0.1, 0.15) is 18.3 Å². The molecule has 1 aromatic carbocycles. The van der Waals surface area contributed by atoms with Crippen LogP contribution in [0.25, 0.3) is 0 Å². The van der Waals surface area contributed by atoms with Crippen molar-refractivity contribution in [3.8, 4) is 0 Å². The van der Waals surface area contributed by atoms with Crippen LogP contribution in [0.3, 0.4) is 0 Å². The quantitative estimate of drug-likeness (QED) is 0.448. The van der Waals surface area contributed by atoms with E-state index >= 15 is 0 Å². The fourth-order valence-electron chi connectivity index (χ4n) is 2.04. The van der Waals surface area contributed by atoms with Crippen LogP contribution < -0.4 is 5.32 Å². The minimum Gasteiger partial charge on any atom is -0.388 e. The van der Waals surface area contributed by atoms with E-state index in [0.29, 0.717) is 5.69 Å². The first-order chi connectivity index (χ1) is 9.40. The summed E-state index contributed by atoms with van der Waals surface area (Å²) in [5.74, 6) is 0. The molecule has 8 nitrogen and oxygen atoms in total. The lowest BCUT2D eigenvalue weighted by molar-refractivity contribution is -0.384. The van der Waals surface area contributed by atoms with Gasteiger partial charge in [0.15, 0.2) is 6.23 Å². The van der Waals surface area contributed by atoms with Crippen LogP contribution in [0, 0.1) is 10.1 Å². The second kappa shape index (κ2) is 5.71. The number of hydrogen-bond acceptors (Lipinski definition) is 7. The Kier molecular flexibility index (Phi) is 4.19. The summed E-state index contributed by atoms with van der Waals surface area (Å²) in [6.07, 6.45) is -5.53. The maximum atomic E-state index is 10.7. The van der Waals surface area contributed by atoms with Crippen LogP contribution in [-0.4, -0.2) is 50.9 Å². The van der Waals surface area contributed by atoms with Crippen molar-refractivity contribution < 1.29 is 25.0 Å². The number of anilines is 1. The molecule has 1 saturated heterocycles. The zero-order valence-electron chi connectivity index (χ0n) is 10.7. The molecule has 110 valence electrons. The number of ether oxygens (including phenoxy) is 1. The van der Waals surface area contributed by atoms with Crippen molar-refractivity contribution in [2.24, 2.45) is 0 Å². The lowest BCUT2D eigenvalue weighted by Gasteiger charge is -2.39. The highest BCUT2D eigenvalue weighted by Crippen LogP contribution is 2.24. The summed E-state index contributed by atoms with van der Waals surface area (Å²) in [7, 11) is 0. The molecule has 1 aliphatic rings. The lowest BCUT2D eigenvalue weighted by atomic mass is 9.99. The molecule has 5 atom stereocenters. The molecule has 1 aromatic rings. The number of aliphatic hydroxyl groups is 3. The molecule has 0 aromatic heterocycles. The minimum atomic E-state index is -1.35. The Hall–Kier alpha value is -1.74. The highest BCUT2D eigenvalue weighted by Gasteiger charge is 2.41. The summed E-state index contributed by atoms with van der Waals surface area (Å²) < 4.78 is 5.34. The van der Waals surface area contributed by atoms with Gasteiger partial charge in [0.25, 0.3) is 5.69 Å². The van der Waals surface area contributed by atoms with Crippen LogP contribution in [0.5, 0.6) is 0 Å². The van der Waals surface area contributed by atoms with Gasteiger partial charge in [-0.05, 0) is 13.0 Å². The topological polar surface area (TPSA) is 125 Å². The Bertz CT molecular complexity index is 497. The third-order valence-electron chi connectivity index (χ3n) is 3.22. The number of rotatable bonds is 3. The molecule has 0 radical (unpaired) electrons. The Morgan fingerprint density at radius 3 is 2.60 bits per heavy atom. The molecule has 2 rings (SSSR count). The first-order valence-electron chi connectivity index (χ1n) is 6.11. The zero-order chi connectivity index (χ0) is 14.9. The number of nitrogens with zero attached hydrogens (tertiary/aromatic N) is 1.